The fraction of sp³-hybridized carbons (Fsp3) is 0.150. The van der Waals surface area contributed by atoms with Crippen LogP contribution < -0.4 is 5.32 Å². The van der Waals surface area contributed by atoms with Gasteiger partial charge in [0.25, 0.3) is 11.8 Å². The number of fused-ring (bicyclic) bond motifs is 2. The summed E-state index contributed by atoms with van der Waals surface area (Å²) in [5.41, 5.74) is 1.85. The van der Waals surface area contributed by atoms with Crippen LogP contribution in [-0.2, 0) is 11.8 Å². The second kappa shape index (κ2) is 6.65. The van der Waals surface area contributed by atoms with Crippen molar-refractivity contribution in [3.05, 3.63) is 63.8 Å². The molecule has 28 heavy (non-hydrogen) atoms. The van der Waals surface area contributed by atoms with E-state index < -0.39 is 23.8 Å². The fourth-order valence-corrected chi connectivity index (χ4v) is 3.70. The molecule has 0 saturated carbocycles. The van der Waals surface area contributed by atoms with Crippen LogP contribution in [-0.4, -0.2) is 33.2 Å². The lowest BCUT2D eigenvalue weighted by Crippen LogP contribution is -2.45. The lowest BCUT2D eigenvalue weighted by Gasteiger charge is -2.22. The average molecular weight is 416 g/mol. The number of benzene rings is 2. The maximum atomic E-state index is 12.8. The van der Waals surface area contributed by atoms with E-state index in [1.165, 1.54) is 19.1 Å². The van der Waals surface area contributed by atoms with E-state index in [0.29, 0.717) is 5.69 Å². The number of aryl methyl sites for hydroxylation is 1. The van der Waals surface area contributed by atoms with Gasteiger partial charge < -0.3 is 9.88 Å². The SMILES string of the molecule is CC(C(=O)Nc1cccc2c1ccn2C)N1C(=O)c2cc(Cl)c(Cl)cc2C1=O. The molecule has 3 aromatic rings. The van der Waals surface area contributed by atoms with Gasteiger partial charge in [-0.15, -0.1) is 0 Å². The predicted molar refractivity (Wildman–Crippen MR) is 108 cm³/mol. The number of hydrogen-bond donors (Lipinski definition) is 1. The summed E-state index contributed by atoms with van der Waals surface area (Å²) in [6, 6.07) is 9.13. The fourth-order valence-electron chi connectivity index (χ4n) is 3.37. The van der Waals surface area contributed by atoms with E-state index in [-0.39, 0.29) is 21.2 Å². The van der Waals surface area contributed by atoms with Gasteiger partial charge in [-0.05, 0) is 37.3 Å². The van der Waals surface area contributed by atoms with E-state index in [2.05, 4.69) is 5.32 Å². The van der Waals surface area contributed by atoms with Gasteiger partial charge >= 0.3 is 0 Å². The molecule has 2 heterocycles. The van der Waals surface area contributed by atoms with Crippen LogP contribution in [0.15, 0.2) is 42.6 Å². The smallest absolute Gasteiger partial charge is 0.262 e. The van der Waals surface area contributed by atoms with Crippen LogP contribution in [0.25, 0.3) is 10.9 Å². The van der Waals surface area contributed by atoms with Crippen molar-refractivity contribution in [2.24, 2.45) is 7.05 Å². The number of rotatable bonds is 3. The van der Waals surface area contributed by atoms with Gasteiger partial charge in [0, 0.05) is 24.1 Å². The number of imide groups is 1. The van der Waals surface area contributed by atoms with Crippen LogP contribution in [0.5, 0.6) is 0 Å². The predicted octanol–water partition coefficient (Wildman–Crippen LogP) is 4.11. The summed E-state index contributed by atoms with van der Waals surface area (Å²) in [5, 5.41) is 4.04. The van der Waals surface area contributed by atoms with Crippen LogP contribution in [0.4, 0.5) is 5.69 Å². The van der Waals surface area contributed by atoms with E-state index in [9.17, 15) is 14.4 Å². The van der Waals surface area contributed by atoms with E-state index in [1.807, 2.05) is 36.0 Å². The van der Waals surface area contributed by atoms with Gasteiger partial charge in [-0.25, -0.2) is 0 Å². The van der Waals surface area contributed by atoms with Gasteiger partial charge in [0.1, 0.15) is 6.04 Å². The van der Waals surface area contributed by atoms with E-state index in [1.54, 1.807) is 6.07 Å². The van der Waals surface area contributed by atoms with Crippen molar-refractivity contribution in [1.29, 1.82) is 0 Å². The summed E-state index contributed by atoms with van der Waals surface area (Å²) in [6.07, 6.45) is 1.89. The molecule has 8 heteroatoms. The molecule has 142 valence electrons. The number of nitrogens with zero attached hydrogens (tertiary/aromatic N) is 2. The zero-order valence-corrected chi connectivity index (χ0v) is 16.5. The average Bonchev–Trinajstić information content (AvgIpc) is 3.15. The highest BCUT2D eigenvalue weighted by molar-refractivity contribution is 6.43. The Balaban J connectivity index is 1.62. The molecule has 1 aliphatic heterocycles. The molecule has 0 aliphatic carbocycles. The molecule has 6 nitrogen and oxygen atoms in total. The minimum absolute atomic E-state index is 0.143. The molecular formula is C20H15Cl2N3O3. The molecule has 0 radical (unpaired) electrons. The molecule has 4 rings (SSSR count). The number of carbonyl (C=O) groups excluding carboxylic acids is 3. The molecule has 1 aromatic heterocycles. The van der Waals surface area contributed by atoms with Gasteiger partial charge in [0.15, 0.2) is 0 Å². The van der Waals surface area contributed by atoms with E-state index in [4.69, 9.17) is 23.2 Å². The first-order chi connectivity index (χ1) is 13.3. The number of halogens is 2. The summed E-state index contributed by atoms with van der Waals surface area (Å²) in [4.78, 5) is 39.1. The van der Waals surface area contributed by atoms with Crippen molar-refractivity contribution < 1.29 is 14.4 Å². The first kappa shape index (κ1) is 18.5. The maximum absolute atomic E-state index is 12.8. The monoisotopic (exact) mass is 415 g/mol. The van der Waals surface area contributed by atoms with Gasteiger partial charge in [0.2, 0.25) is 5.91 Å². The molecule has 1 unspecified atom stereocenters. The first-order valence-corrected chi connectivity index (χ1v) is 9.27. The van der Waals surface area contributed by atoms with E-state index in [0.717, 1.165) is 15.8 Å². The Hall–Kier alpha value is -2.83. The highest BCUT2D eigenvalue weighted by Crippen LogP contribution is 2.33. The quantitative estimate of drug-likeness (QED) is 0.654. The van der Waals surface area contributed by atoms with Crippen molar-refractivity contribution in [3.63, 3.8) is 0 Å². The van der Waals surface area contributed by atoms with Crippen molar-refractivity contribution in [2.45, 2.75) is 13.0 Å². The van der Waals surface area contributed by atoms with Crippen molar-refractivity contribution in [3.8, 4) is 0 Å². The van der Waals surface area contributed by atoms with Crippen LogP contribution in [0, 0.1) is 0 Å². The maximum Gasteiger partial charge on any atom is 0.262 e. The topological polar surface area (TPSA) is 71.4 Å². The van der Waals surface area contributed by atoms with Crippen LogP contribution >= 0.6 is 23.2 Å². The Labute approximate surface area is 170 Å². The first-order valence-electron chi connectivity index (χ1n) is 8.51. The van der Waals surface area contributed by atoms with Crippen LogP contribution in [0.1, 0.15) is 27.6 Å². The lowest BCUT2D eigenvalue weighted by atomic mass is 10.1. The molecule has 0 fully saturated rings. The second-order valence-electron chi connectivity index (χ2n) is 6.62. The Bertz CT molecular complexity index is 1130. The molecular weight excluding hydrogens is 401 g/mol. The normalized spacial score (nSPS) is 14.5. The Morgan fingerprint density at radius 1 is 1.04 bits per heavy atom. The van der Waals surface area contributed by atoms with E-state index >= 15 is 0 Å². The summed E-state index contributed by atoms with van der Waals surface area (Å²) in [5.74, 6) is -1.61. The Morgan fingerprint density at radius 3 is 2.25 bits per heavy atom. The van der Waals surface area contributed by atoms with Crippen molar-refractivity contribution in [1.82, 2.24) is 9.47 Å². The molecule has 1 aliphatic rings. The number of aromatic nitrogens is 1. The summed E-state index contributed by atoms with van der Waals surface area (Å²) in [6.45, 7) is 1.51. The molecule has 1 atom stereocenters. The third-order valence-corrected chi connectivity index (χ3v) is 5.63. The highest BCUT2D eigenvalue weighted by Gasteiger charge is 2.41. The Morgan fingerprint density at radius 2 is 1.64 bits per heavy atom. The molecule has 3 amide bonds. The van der Waals surface area contributed by atoms with Crippen molar-refractivity contribution >= 4 is 57.5 Å². The minimum atomic E-state index is -1.01. The minimum Gasteiger partial charge on any atom is -0.350 e. The zero-order valence-electron chi connectivity index (χ0n) is 15.0. The third-order valence-electron chi connectivity index (χ3n) is 4.91. The van der Waals surface area contributed by atoms with Crippen LogP contribution in [0.3, 0.4) is 0 Å². The lowest BCUT2D eigenvalue weighted by molar-refractivity contribution is -0.119. The summed E-state index contributed by atoms with van der Waals surface area (Å²) >= 11 is 11.9. The molecule has 0 spiro atoms. The Kier molecular flexibility index (Phi) is 4.40. The van der Waals surface area contributed by atoms with Gasteiger partial charge in [-0.3, -0.25) is 19.3 Å². The summed E-state index contributed by atoms with van der Waals surface area (Å²) < 4.78 is 1.94. The number of nitrogens with one attached hydrogen (secondary N) is 1. The zero-order chi connectivity index (χ0) is 20.2. The largest absolute Gasteiger partial charge is 0.350 e. The van der Waals surface area contributed by atoms with Gasteiger partial charge in [-0.2, -0.15) is 0 Å². The summed E-state index contributed by atoms with van der Waals surface area (Å²) in [7, 11) is 1.91. The number of amides is 3. The molecule has 0 saturated heterocycles. The third kappa shape index (κ3) is 2.77. The number of carbonyl (C=O) groups is 3. The van der Waals surface area contributed by atoms with Crippen molar-refractivity contribution in [2.75, 3.05) is 5.32 Å². The second-order valence-corrected chi connectivity index (χ2v) is 7.44. The van der Waals surface area contributed by atoms with Crippen LogP contribution in [0.2, 0.25) is 10.0 Å². The molecule has 2 aromatic carbocycles. The number of anilines is 1. The van der Waals surface area contributed by atoms with Gasteiger partial charge in [-0.1, -0.05) is 29.3 Å². The van der Waals surface area contributed by atoms with Gasteiger partial charge in [0.05, 0.1) is 26.9 Å². The molecule has 0 bridgehead atoms. The standard InChI is InChI=1S/C20H15Cl2N3O3/c1-10(18(26)23-16-4-3-5-17-11(16)6-7-24(17)2)25-19(27)12-8-14(21)15(22)9-13(12)20(25)28/h3-10H,1-2H3,(H,23,26). The molecule has 1 N–H and O–H groups in total. The highest BCUT2D eigenvalue weighted by atomic mass is 35.5. The number of hydrogen-bond acceptors (Lipinski definition) is 3.